The zero-order valence-corrected chi connectivity index (χ0v) is 21.9. The third-order valence-corrected chi connectivity index (χ3v) is 8.00. The molecule has 0 saturated carbocycles. The van der Waals surface area contributed by atoms with Gasteiger partial charge in [-0.3, -0.25) is 9.10 Å². The van der Waals surface area contributed by atoms with Crippen molar-refractivity contribution in [1.29, 1.82) is 0 Å². The number of rotatable bonds is 10. The average molecular weight is 523 g/mol. The number of hydrogen-bond donors (Lipinski definition) is 1. The molecule has 0 saturated heterocycles. The van der Waals surface area contributed by atoms with Crippen molar-refractivity contribution in [3.63, 3.8) is 0 Å². The van der Waals surface area contributed by atoms with Gasteiger partial charge in [0.05, 0.1) is 39.7 Å². The highest BCUT2D eigenvalue weighted by atomic mass is 32.2. The molecule has 0 unspecified atom stereocenters. The van der Waals surface area contributed by atoms with Crippen LogP contribution in [0.2, 0.25) is 0 Å². The van der Waals surface area contributed by atoms with Gasteiger partial charge in [-0.25, -0.2) is 8.42 Å². The highest BCUT2D eigenvalue weighted by molar-refractivity contribution is 7.97. The van der Waals surface area contributed by atoms with E-state index in [0.717, 1.165) is 11.1 Å². The van der Waals surface area contributed by atoms with Crippen LogP contribution in [0.25, 0.3) is 5.57 Å². The molecule has 0 aromatic heterocycles. The molecule has 1 aliphatic heterocycles. The van der Waals surface area contributed by atoms with Crippen molar-refractivity contribution < 1.29 is 27.4 Å². The number of carbonyl (C=O) groups excluding carboxylic acids is 1. The number of sulfonamides is 1. The van der Waals surface area contributed by atoms with Crippen LogP contribution in [0.5, 0.6) is 11.5 Å². The van der Waals surface area contributed by atoms with Crippen molar-refractivity contribution in [2.45, 2.75) is 20.1 Å². The lowest BCUT2D eigenvalue weighted by Crippen LogP contribution is -2.41. The minimum Gasteiger partial charge on any atom is -0.493 e. The predicted molar refractivity (Wildman–Crippen MR) is 143 cm³/mol. The van der Waals surface area contributed by atoms with E-state index in [2.05, 4.69) is 5.32 Å². The van der Waals surface area contributed by atoms with E-state index in [1.165, 1.54) is 18.5 Å². The second kappa shape index (κ2) is 11.5. The van der Waals surface area contributed by atoms with E-state index in [9.17, 15) is 13.2 Å². The number of allylic oxidation sites excluding steroid dienone is 1. The highest BCUT2D eigenvalue weighted by Crippen LogP contribution is 2.45. The number of anilines is 1. The second-order valence-corrected chi connectivity index (χ2v) is 10.3. The van der Waals surface area contributed by atoms with Crippen LogP contribution in [0.15, 0.2) is 77.7 Å². The van der Waals surface area contributed by atoms with Crippen LogP contribution in [-0.4, -0.2) is 41.7 Å². The number of ether oxygens (including phenoxy) is 3. The summed E-state index contributed by atoms with van der Waals surface area (Å²) < 4.78 is 45.5. The van der Waals surface area contributed by atoms with Crippen molar-refractivity contribution in [2.24, 2.45) is 0 Å². The van der Waals surface area contributed by atoms with Crippen molar-refractivity contribution >= 4 is 27.2 Å². The first-order valence-corrected chi connectivity index (χ1v) is 13.2. The number of amides is 1. The minimum absolute atomic E-state index is 0.0515. The van der Waals surface area contributed by atoms with Gasteiger partial charge in [-0.2, -0.15) is 0 Å². The van der Waals surface area contributed by atoms with Gasteiger partial charge in [0.25, 0.3) is 15.9 Å². The molecule has 1 aliphatic rings. The predicted octanol–water partition coefficient (Wildman–Crippen LogP) is 4.12. The molecule has 0 bridgehead atoms. The summed E-state index contributed by atoms with van der Waals surface area (Å²) in [5.41, 5.74) is 3.12. The standard InChI is InChI=1S/C28H30N2O6S/c1-20-23-16-25(34-2)26(35-3)17-24(23)30(18-21-10-6-4-7-11-21)37(32,33)27(20)28(31)29-14-15-36-19-22-12-8-5-9-13-22/h4-13,16-17H,14-15,18-19H2,1-3H3,(H,29,31). The number of hydrogen-bond acceptors (Lipinski definition) is 6. The van der Waals surface area contributed by atoms with Crippen LogP contribution in [0.4, 0.5) is 5.69 Å². The number of fused-ring (bicyclic) bond motifs is 1. The molecule has 0 atom stereocenters. The molecule has 3 aromatic rings. The molecule has 0 aliphatic carbocycles. The quantitative estimate of drug-likeness (QED) is 0.403. The topological polar surface area (TPSA) is 94.2 Å². The van der Waals surface area contributed by atoms with E-state index >= 15 is 0 Å². The van der Waals surface area contributed by atoms with Gasteiger partial charge in [-0.15, -0.1) is 0 Å². The highest BCUT2D eigenvalue weighted by Gasteiger charge is 2.40. The Morgan fingerprint density at radius 2 is 1.49 bits per heavy atom. The third kappa shape index (κ3) is 5.63. The van der Waals surface area contributed by atoms with Crippen molar-refractivity contribution in [2.75, 3.05) is 31.7 Å². The zero-order valence-electron chi connectivity index (χ0n) is 21.1. The van der Waals surface area contributed by atoms with Gasteiger partial charge in [-0.05, 0) is 29.7 Å². The Bertz CT molecular complexity index is 1390. The maximum Gasteiger partial charge on any atom is 0.270 e. The van der Waals surface area contributed by atoms with Crippen molar-refractivity contribution in [1.82, 2.24) is 5.32 Å². The molecular formula is C28H30N2O6S. The van der Waals surface area contributed by atoms with Gasteiger partial charge >= 0.3 is 0 Å². The van der Waals surface area contributed by atoms with Gasteiger partial charge in [-0.1, -0.05) is 60.7 Å². The minimum atomic E-state index is -4.19. The smallest absolute Gasteiger partial charge is 0.270 e. The third-order valence-electron chi connectivity index (χ3n) is 6.08. The van der Waals surface area contributed by atoms with E-state index in [4.69, 9.17) is 14.2 Å². The molecule has 3 aromatic carbocycles. The summed E-state index contributed by atoms with van der Waals surface area (Å²) in [6, 6.07) is 22.2. The van der Waals surface area contributed by atoms with Crippen LogP contribution in [-0.2, 0) is 32.7 Å². The van der Waals surface area contributed by atoms with Gasteiger partial charge in [0.15, 0.2) is 16.4 Å². The number of nitrogens with one attached hydrogen (secondary N) is 1. The fourth-order valence-corrected chi connectivity index (χ4v) is 5.97. The maximum atomic E-state index is 13.9. The van der Waals surface area contributed by atoms with Crippen LogP contribution < -0.4 is 19.1 Å². The summed E-state index contributed by atoms with van der Waals surface area (Å²) in [6.07, 6.45) is 0. The molecule has 9 heteroatoms. The van der Waals surface area contributed by atoms with Crippen molar-refractivity contribution in [3.05, 3.63) is 94.4 Å². The second-order valence-electron chi connectivity index (χ2n) is 8.47. The summed E-state index contributed by atoms with van der Waals surface area (Å²) >= 11 is 0. The summed E-state index contributed by atoms with van der Waals surface area (Å²) in [5, 5.41) is 2.71. The number of benzene rings is 3. The molecule has 1 heterocycles. The lowest BCUT2D eigenvalue weighted by molar-refractivity contribution is -0.117. The SMILES string of the molecule is COc1cc2c(cc1OC)N(Cc1ccccc1)S(=O)(=O)C(C(=O)NCCOCc1ccccc1)=C2C. The fourth-order valence-electron chi connectivity index (χ4n) is 4.22. The largest absolute Gasteiger partial charge is 0.493 e. The Hall–Kier alpha value is -3.82. The first-order valence-electron chi connectivity index (χ1n) is 11.8. The lowest BCUT2D eigenvalue weighted by atomic mass is 10.0. The number of carbonyl (C=O) groups is 1. The molecule has 0 fully saturated rings. The molecular weight excluding hydrogens is 492 g/mol. The van der Waals surface area contributed by atoms with E-state index in [0.29, 0.717) is 34.9 Å². The Morgan fingerprint density at radius 1 is 0.892 bits per heavy atom. The van der Waals surface area contributed by atoms with Gasteiger partial charge in [0.2, 0.25) is 0 Å². The maximum absolute atomic E-state index is 13.9. The Morgan fingerprint density at radius 3 is 2.11 bits per heavy atom. The molecule has 194 valence electrons. The Kier molecular flexibility index (Phi) is 8.15. The normalized spacial score (nSPS) is 14.2. The van der Waals surface area contributed by atoms with E-state index in [1.54, 1.807) is 19.1 Å². The Balaban J connectivity index is 1.62. The molecule has 4 rings (SSSR count). The summed E-state index contributed by atoms with van der Waals surface area (Å²) in [5.74, 6) is 0.152. The van der Waals surface area contributed by atoms with E-state index in [-0.39, 0.29) is 24.6 Å². The number of methoxy groups -OCH3 is 2. The summed E-state index contributed by atoms with van der Waals surface area (Å²) in [4.78, 5) is 13.0. The van der Waals surface area contributed by atoms with Gasteiger partial charge in [0, 0.05) is 18.2 Å². The van der Waals surface area contributed by atoms with Crippen LogP contribution in [0.3, 0.4) is 0 Å². The first-order chi connectivity index (χ1) is 17.9. The van der Waals surface area contributed by atoms with Crippen LogP contribution in [0.1, 0.15) is 23.6 Å². The molecule has 1 amide bonds. The van der Waals surface area contributed by atoms with E-state index in [1.807, 2.05) is 60.7 Å². The molecule has 0 spiro atoms. The zero-order chi connectivity index (χ0) is 26.4. The molecule has 37 heavy (non-hydrogen) atoms. The monoisotopic (exact) mass is 522 g/mol. The summed E-state index contributed by atoms with van der Waals surface area (Å²) in [6.45, 7) is 2.48. The Labute approximate surface area is 217 Å². The summed E-state index contributed by atoms with van der Waals surface area (Å²) in [7, 11) is -1.19. The van der Waals surface area contributed by atoms with Crippen LogP contribution in [0, 0.1) is 0 Å². The fraction of sp³-hybridized carbons (Fsp3) is 0.250. The van der Waals surface area contributed by atoms with Crippen molar-refractivity contribution in [3.8, 4) is 11.5 Å². The average Bonchev–Trinajstić information content (AvgIpc) is 2.91. The molecule has 1 N–H and O–H groups in total. The van der Waals surface area contributed by atoms with Gasteiger partial charge in [0.1, 0.15) is 0 Å². The van der Waals surface area contributed by atoms with E-state index < -0.39 is 15.9 Å². The number of nitrogens with zero attached hydrogens (tertiary/aromatic N) is 1. The first kappa shape index (κ1) is 26.2. The van der Waals surface area contributed by atoms with Crippen LogP contribution >= 0.6 is 0 Å². The van der Waals surface area contributed by atoms with Gasteiger partial charge < -0.3 is 19.5 Å². The molecule has 8 nitrogen and oxygen atoms in total. The lowest BCUT2D eigenvalue weighted by Gasteiger charge is -2.33. The molecule has 0 radical (unpaired) electrons.